The zero-order chi connectivity index (χ0) is 19.2. The van der Waals surface area contributed by atoms with E-state index >= 15 is 0 Å². The van der Waals surface area contributed by atoms with Gasteiger partial charge in [0.15, 0.2) is 5.96 Å². The van der Waals surface area contributed by atoms with E-state index in [1.54, 1.807) is 11.3 Å². The van der Waals surface area contributed by atoms with Crippen molar-refractivity contribution in [2.24, 2.45) is 10.9 Å². The van der Waals surface area contributed by atoms with Crippen LogP contribution in [0.15, 0.2) is 34.8 Å². The van der Waals surface area contributed by atoms with E-state index in [4.69, 9.17) is 11.6 Å². The third-order valence-electron chi connectivity index (χ3n) is 5.21. The molecular formula is C20H29ClIN5S. The molecule has 28 heavy (non-hydrogen) atoms. The predicted octanol–water partition coefficient (Wildman–Crippen LogP) is 4.47. The highest BCUT2D eigenvalue weighted by Crippen LogP contribution is 2.35. The molecule has 0 aliphatic carbocycles. The van der Waals surface area contributed by atoms with Crippen molar-refractivity contribution >= 4 is 52.9 Å². The number of rotatable bonds is 5. The third-order valence-corrected chi connectivity index (χ3v) is 6.38. The maximum absolute atomic E-state index is 6.24. The van der Waals surface area contributed by atoms with Gasteiger partial charge in [0.2, 0.25) is 0 Å². The summed E-state index contributed by atoms with van der Waals surface area (Å²) in [5.74, 6) is 1.34. The van der Waals surface area contributed by atoms with Crippen LogP contribution in [0.25, 0.3) is 0 Å². The summed E-state index contributed by atoms with van der Waals surface area (Å²) in [6, 6.07) is 8.63. The fourth-order valence-corrected chi connectivity index (χ4v) is 4.71. The van der Waals surface area contributed by atoms with E-state index in [1.165, 1.54) is 23.3 Å². The number of aliphatic imine (C=N–C) groups is 1. The Hall–Kier alpha value is -0.900. The number of thiazole rings is 1. The lowest BCUT2D eigenvalue weighted by Crippen LogP contribution is -2.44. The fraction of sp³-hybridized carbons (Fsp3) is 0.500. The first kappa shape index (κ1) is 23.4. The zero-order valence-corrected chi connectivity index (χ0v) is 20.5. The molecule has 1 aromatic carbocycles. The molecule has 0 amide bonds. The second-order valence-corrected chi connectivity index (χ2v) is 8.43. The molecule has 5 nitrogen and oxygen atoms in total. The molecule has 1 fully saturated rings. The minimum Gasteiger partial charge on any atom is -0.356 e. The highest BCUT2D eigenvalue weighted by Gasteiger charge is 2.30. The second kappa shape index (κ2) is 11.3. The first-order chi connectivity index (χ1) is 13.1. The van der Waals surface area contributed by atoms with Crippen molar-refractivity contribution in [3.05, 3.63) is 50.9 Å². The molecule has 8 heteroatoms. The smallest absolute Gasteiger partial charge is 0.191 e. The largest absolute Gasteiger partial charge is 0.356 e. The monoisotopic (exact) mass is 533 g/mol. The Bertz CT molecular complexity index is 781. The van der Waals surface area contributed by atoms with Crippen molar-refractivity contribution in [2.75, 3.05) is 27.2 Å². The number of hydrogen-bond acceptors (Lipinski definition) is 4. The number of hydrogen-bond donors (Lipinski definition) is 2. The van der Waals surface area contributed by atoms with Gasteiger partial charge in [-0.15, -0.1) is 35.3 Å². The predicted molar refractivity (Wildman–Crippen MR) is 130 cm³/mol. The molecule has 0 saturated carbocycles. The molecule has 3 rings (SSSR count). The number of aromatic nitrogens is 1. The Morgan fingerprint density at radius 3 is 2.89 bits per heavy atom. The molecule has 2 heterocycles. The summed E-state index contributed by atoms with van der Waals surface area (Å²) in [6.07, 6.45) is 2.41. The summed E-state index contributed by atoms with van der Waals surface area (Å²) in [5, 5.41) is 7.72. The number of nitrogens with one attached hydrogen (secondary N) is 2. The molecule has 1 aliphatic heterocycles. The maximum atomic E-state index is 6.24. The van der Waals surface area contributed by atoms with Crippen LogP contribution in [0, 0.1) is 12.8 Å². The van der Waals surface area contributed by atoms with Crippen molar-refractivity contribution < 1.29 is 0 Å². The normalized spacial score (nSPS) is 20.5. The molecule has 2 unspecified atom stereocenters. The van der Waals surface area contributed by atoms with Gasteiger partial charge in [-0.05, 0) is 57.0 Å². The van der Waals surface area contributed by atoms with Crippen molar-refractivity contribution in [2.45, 2.75) is 32.4 Å². The molecular weight excluding hydrogens is 505 g/mol. The standard InChI is InChI=1S/C20H28ClN5S.HI/c1-14-18(27-13-25-14)12-24-20(22-2)23-11-16-7-5-9-26(3)19(16)15-6-4-8-17(21)10-15;/h4,6,8,10,13,16,19H,5,7,9,11-12H2,1-3H3,(H2,22,23,24);1H. The van der Waals surface area contributed by atoms with Gasteiger partial charge in [0.25, 0.3) is 0 Å². The molecule has 1 aliphatic rings. The molecule has 0 bridgehead atoms. The van der Waals surface area contributed by atoms with Crippen LogP contribution in [0.5, 0.6) is 0 Å². The van der Waals surface area contributed by atoms with E-state index in [0.717, 1.165) is 36.3 Å². The second-order valence-electron chi connectivity index (χ2n) is 7.05. The quantitative estimate of drug-likeness (QED) is 0.338. The van der Waals surface area contributed by atoms with Gasteiger partial charge in [-0.1, -0.05) is 23.7 Å². The zero-order valence-electron chi connectivity index (χ0n) is 16.6. The van der Waals surface area contributed by atoms with Crippen LogP contribution in [-0.4, -0.2) is 43.0 Å². The first-order valence-corrected chi connectivity index (χ1v) is 10.6. The maximum Gasteiger partial charge on any atom is 0.191 e. The lowest BCUT2D eigenvalue weighted by Gasteiger charge is -2.40. The topological polar surface area (TPSA) is 52.6 Å². The summed E-state index contributed by atoms with van der Waals surface area (Å²) >= 11 is 7.92. The van der Waals surface area contributed by atoms with Crippen molar-refractivity contribution in [1.82, 2.24) is 20.5 Å². The summed E-state index contributed by atoms with van der Waals surface area (Å²) in [7, 11) is 4.02. The minimum atomic E-state index is 0. The number of likely N-dealkylation sites (tertiary alicyclic amines) is 1. The van der Waals surface area contributed by atoms with Gasteiger partial charge in [-0.3, -0.25) is 9.89 Å². The minimum absolute atomic E-state index is 0. The number of nitrogens with zero attached hydrogens (tertiary/aromatic N) is 3. The van der Waals surface area contributed by atoms with Crippen molar-refractivity contribution in [3.63, 3.8) is 0 Å². The van der Waals surface area contributed by atoms with E-state index in [9.17, 15) is 0 Å². The van der Waals surface area contributed by atoms with Gasteiger partial charge < -0.3 is 10.6 Å². The average Bonchev–Trinajstić information content (AvgIpc) is 3.07. The van der Waals surface area contributed by atoms with Gasteiger partial charge in [0.1, 0.15) is 0 Å². The van der Waals surface area contributed by atoms with Gasteiger partial charge in [0, 0.05) is 29.5 Å². The fourth-order valence-electron chi connectivity index (χ4n) is 3.80. The van der Waals surface area contributed by atoms with Crippen LogP contribution in [0.2, 0.25) is 5.02 Å². The number of piperidine rings is 1. The van der Waals surface area contributed by atoms with Crippen LogP contribution in [0.4, 0.5) is 0 Å². The van der Waals surface area contributed by atoms with E-state index in [2.05, 4.69) is 44.7 Å². The Kier molecular flexibility index (Phi) is 9.46. The van der Waals surface area contributed by atoms with Crippen LogP contribution < -0.4 is 10.6 Å². The van der Waals surface area contributed by atoms with Crippen LogP contribution in [0.1, 0.15) is 35.0 Å². The van der Waals surface area contributed by atoms with Gasteiger partial charge >= 0.3 is 0 Å². The van der Waals surface area contributed by atoms with Gasteiger partial charge in [-0.2, -0.15) is 0 Å². The number of aryl methyl sites for hydroxylation is 1. The molecule has 0 radical (unpaired) electrons. The SMILES string of the molecule is CN=C(NCc1scnc1C)NCC1CCCN(C)C1c1cccc(Cl)c1.I. The van der Waals surface area contributed by atoms with Crippen molar-refractivity contribution in [1.29, 1.82) is 0 Å². The summed E-state index contributed by atoms with van der Waals surface area (Å²) < 4.78 is 0. The average molecular weight is 534 g/mol. The van der Waals surface area contributed by atoms with Gasteiger partial charge in [-0.25, -0.2) is 4.98 Å². The Morgan fingerprint density at radius 2 is 2.21 bits per heavy atom. The summed E-state index contributed by atoms with van der Waals surface area (Å²) in [6.45, 7) is 4.78. The number of benzene rings is 1. The van der Waals surface area contributed by atoms with E-state index in [0.29, 0.717) is 12.0 Å². The molecule has 1 saturated heterocycles. The number of halogens is 2. The van der Waals surface area contributed by atoms with Crippen LogP contribution in [-0.2, 0) is 6.54 Å². The Morgan fingerprint density at radius 1 is 1.39 bits per heavy atom. The molecule has 2 aromatic rings. The summed E-state index contributed by atoms with van der Waals surface area (Å²) in [5.41, 5.74) is 4.26. The lowest BCUT2D eigenvalue weighted by atomic mass is 9.85. The molecule has 2 N–H and O–H groups in total. The molecule has 154 valence electrons. The first-order valence-electron chi connectivity index (χ1n) is 9.37. The highest BCUT2D eigenvalue weighted by molar-refractivity contribution is 14.0. The van der Waals surface area contributed by atoms with E-state index < -0.39 is 0 Å². The Balaban J connectivity index is 0.00000280. The highest BCUT2D eigenvalue weighted by atomic mass is 127. The molecule has 1 aromatic heterocycles. The van der Waals surface area contributed by atoms with Crippen LogP contribution in [0.3, 0.4) is 0 Å². The third kappa shape index (κ3) is 6.05. The van der Waals surface area contributed by atoms with Crippen LogP contribution >= 0.6 is 46.9 Å². The molecule has 2 atom stereocenters. The lowest BCUT2D eigenvalue weighted by molar-refractivity contribution is 0.122. The van der Waals surface area contributed by atoms with E-state index in [-0.39, 0.29) is 24.0 Å². The summed E-state index contributed by atoms with van der Waals surface area (Å²) in [4.78, 5) is 12.4. The van der Waals surface area contributed by atoms with Gasteiger partial charge in [0.05, 0.1) is 17.7 Å². The Labute approximate surface area is 194 Å². The molecule has 0 spiro atoms. The number of guanidine groups is 1. The van der Waals surface area contributed by atoms with Crippen molar-refractivity contribution in [3.8, 4) is 0 Å². The van der Waals surface area contributed by atoms with E-state index in [1.807, 2.05) is 31.6 Å².